The zero-order chi connectivity index (χ0) is 17.9. The first-order chi connectivity index (χ1) is 12.7. The molecule has 4 aromatic rings. The van der Waals surface area contributed by atoms with E-state index in [2.05, 4.69) is 21.2 Å². The van der Waals surface area contributed by atoms with E-state index in [-0.39, 0.29) is 0 Å². The lowest BCUT2D eigenvalue weighted by Gasteiger charge is -2.09. The molecule has 0 aliphatic heterocycles. The molecule has 0 unspecified atom stereocenters. The normalized spacial score (nSPS) is 11.0. The van der Waals surface area contributed by atoms with Crippen LogP contribution in [0.15, 0.2) is 64.2 Å². The van der Waals surface area contributed by atoms with Crippen LogP contribution in [0.4, 0.5) is 0 Å². The van der Waals surface area contributed by atoms with E-state index < -0.39 is 0 Å². The average Bonchev–Trinajstić information content (AvgIpc) is 3.21. The Hall–Kier alpha value is -2.57. The second-order valence-corrected chi connectivity index (χ2v) is 6.79. The SMILES string of the molecule is CSc1ccc2cc(COc3ccc(-c4nnco4)cc3)c(Cl)nc2c1. The van der Waals surface area contributed by atoms with Crippen LogP contribution < -0.4 is 4.74 Å². The molecule has 2 aromatic heterocycles. The van der Waals surface area contributed by atoms with Gasteiger partial charge in [0.15, 0.2) is 0 Å². The Labute approximate surface area is 159 Å². The lowest BCUT2D eigenvalue weighted by molar-refractivity contribution is 0.306. The molecule has 7 heteroatoms. The Kier molecular flexibility index (Phi) is 4.77. The Balaban J connectivity index is 1.51. The molecule has 0 radical (unpaired) electrons. The molecule has 26 heavy (non-hydrogen) atoms. The van der Waals surface area contributed by atoms with Crippen molar-refractivity contribution >= 4 is 34.3 Å². The maximum absolute atomic E-state index is 6.33. The Morgan fingerprint density at radius 3 is 2.69 bits per heavy atom. The summed E-state index contributed by atoms with van der Waals surface area (Å²) in [7, 11) is 0. The van der Waals surface area contributed by atoms with E-state index in [0.717, 1.165) is 32.7 Å². The lowest BCUT2D eigenvalue weighted by Crippen LogP contribution is -1.98. The average molecular weight is 384 g/mol. The minimum atomic E-state index is 0.339. The van der Waals surface area contributed by atoms with Crippen LogP contribution in [-0.4, -0.2) is 21.4 Å². The fourth-order valence-corrected chi connectivity index (χ4v) is 3.18. The molecule has 0 spiro atoms. The highest BCUT2D eigenvalue weighted by Crippen LogP contribution is 2.26. The maximum atomic E-state index is 6.33. The standard InChI is InChI=1S/C19H14ClN3O2S/c1-26-16-7-4-13-8-14(18(20)22-17(13)9-16)10-24-15-5-2-12(3-6-15)19-23-21-11-25-19/h2-9,11H,10H2,1H3. The monoisotopic (exact) mass is 383 g/mol. The molecule has 0 bridgehead atoms. The van der Waals surface area contributed by atoms with Gasteiger partial charge in [-0.3, -0.25) is 0 Å². The van der Waals surface area contributed by atoms with Crippen LogP contribution in [0.25, 0.3) is 22.4 Å². The summed E-state index contributed by atoms with van der Waals surface area (Å²) in [6, 6.07) is 15.6. The highest BCUT2D eigenvalue weighted by Gasteiger charge is 2.08. The number of nitrogens with zero attached hydrogens (tertiary/aromatic N) is 3. The molecule has 2 heterocycles. The third-order valence-electron chi connectivity index (χ3n) is 3.91. The number of fused-ring (bicyclic) bond motifs is 1. The first kappa shape index (κ1) is 16.9. The van der Waals surface area contributed by atoms with Crippen molar-refractivity contribution in [1.82, 2.24) is 15.2 Å². The molecule has 5 nitrogen and oxygen atoms in total. The van der Waals surface area contributed by atoms with Crippen molar-refractivity contribution < 1.29 is 9.15 Å². The van der Waals surface area contributed by atoms with Crippen molar-refractivity contribution in [3.05, 3.63) is 65.6 Å². The van der Waals surface area contributed by atoms with Crippen LogP contribution in [0.3, 0.4) is 0 Å². The number of hydrogen-bond donors (Lipinski definition) is 0. The van der Waals surface area contributed by atoms with E-state index in [1.54, 1.807) is 11.8 Å². The highest BCUT2D eigenvalue weighted by molar-refractivity contribution is 7.98. The van der Waals surface area contributed by atoms with Gasteiger partial charge in [0, 0.05) is 21.4 Å². The second-order valence-electron chi connectivity index (χ2n) is 5.55. The first-order valence-corrected chi connectivity index (χ1v) is 9.46. The predicted octanol–water partition coefficient (Wildman–Crippen LogP) is 5.24. The molecule has 130 valence electrons. The van der Waals surface area contributed by atoms with Gasteiger partial charge in [0.1, 0.15) is 17.5 Å². The number of halogens is 1. The number of pyridine rings is 1. The van der Waals surface area contributed by atoms with Gasteiger partial charge in [-0.1, -0.05) is 17.7 Å². The highest BCUT2D eigenvalue weighted by atomic mass is 35.5. The van der Waals surface area contributed by atoms with Crippen molar-refractivity contribution in [2.45, 2.75) is 11.5 Å². The van der Waals surface area contributed by atoms with Gasteiger partial charge >= 0.3 is 0 Å². The molecule has 0 atom stereocenters. The largest absolute Gasteiger partial charge is 0.489 e. The topological polar surface area (TPSA) is 61.0 Å². The minimum absolute atomic E-state index is 0.339. The number of thioether (sulfide) groups is 1. The van der Waals surface area contributed by atoms with Gasteiger partial charge in [0.2, 0.25) is 12.3 Å². The maximum Gasteiger partial charge on any atom is 0.247 e. The van der Waals surface area contributed by atoms with Crippen molar-refractivity contribution in [2.24, 2.45) is 0 Å². The van der Waals surface area contributed by atoms with Gasteiger partial charge in [0.25, 0.3) is 0 Å². The van der Waals surface area contributed by atoms with Gasteiger partial charge in [-0.25, -0.2) is 4.98 Å². The van der Waals surface area contributed by atoms with Gasteiger partial charge in [-0.05, 0) is 48.7 Å². The Morgan fingerprint density at radius 1 is 1.12 bits per heavy atom. The molecule has 0 aliphatic rings. The van der Waals surface area contributed by atoms with Crippen LogP contribution >= 0.6 is 23.4 Å². The molecule has 2 aromatic carbocycles. The number of hydrogen-bond acceptors (Lipinski definition) is 6. The summed E-state index contributed by atoms with van der Waals surface area (Å²) in [4.78, 5) is 5.65. The van der Waals surface area contributed by atoms with E-state index in [9.17, 15) is 0 Å². The van der Waals surface area contributed by atoms with Gasteiger partial charge < -0.3 is 9.15 Å². The van der Waals surface area contributed by atoms with Crippen molar-refractivity contribution in [3.63, 3.8) is 0 Å². The summed E-state index contributed by atoms with van der Waals surface area (Å²) in [5.74, 6) is 1.20. The summed E-state index contributed by atoms with van der Waals surface area (Å²) in [5, 5.41) is 9.05. The fourth-order valence-electron chi connectivity index (χ4n) is 2.55. The van der Waals surface area contributed by atoms with Crippen molar-refractivity contribution in [3.8, 4) is 17.2 Å². The Morgan fingerprint density at radius 2 is 1.96 bits per heavy atom. The molecule has 0 saturated carbocycles. The number of aromatic nitrogens is 3. The van der Waals surface area contributed by atoms with E-state index in [1.807, 2.05) is 48.7 Å². The number of benzene rings is 2. The molecule has 0 saturated heterocycles. The molecule has 0 aliphatic carbocycles. The van der Waals surface area contributed by atoms with Gasteiger partial charge in [-0.2, -0.15) is 0 Å². The van der Waals surface area contributed by atoms with Crippen LogP contribution in [0.1, 0.15) is 5.56 Å². The number of rotatable bonds is 5. The van der Waals surface area contributed by atoms with Gasteiger partial charge in [-0.15, -0.1) is 22.0 Å². The van der Waals surface area contributed by atoms with Crippen LogP contribution in [0.2, 0.25) is 5.15 Å². The molecular weight excluding hydrogens is 370 g/mol. The van der Waals surface area contributed by atoms with Crippen LogP contribution in [0.5, 0.6) is 5.75 Å². The summed E-state index contributed by atoms with van der Waals surface area (Å²) < 4.78 is 11.0. The van der Waals surface area contributed by atoms with Gasteiger partial charge in [0.05, 0.1) is 5.52 Å². The quantitative estimate of drug-likeness (QED) is 0.347. The summed E-state index contributed by atoms with van der Waals surface area (Å²) in [6.07, 6.45) is 3.34. The molecule has 4 rings (SSSR count). The summed E-state index contributed by atoms with van der Waals surface area (Å²) in [6.45, 7) is 0.339. The number of ether oxygens (including phenoxy) is 1. The molecule has 0 N–H and O–H groups in total. The van der Waals surface area contributed by atoms with E-state index in [4.69, 9.17) is 20.8 Å². The molecular formula is C19H14ClN3O2S. The van der Waals surface area contributed by atoms with E-state index in [1.165, 1.54) is 6.39 Å². The van der Waals surface area contributed by atoms with Crippen molar-refractivity contribution in [2.75, 3.05) is 6.26 Å². The van der Waals surface area contributed by atoms with Crippen LogP contribution in [0, 0.1) is 0 Å². The third-order valence-corrected chi connectivity index (χ3v) is 4.96. The smallest absolute Gasteiger partial charge is 0.247 e. The third kappa shape index (κ3) is 3.52. The fraction of sp³-hybridized carbons (Fsp3) is 0.105. The molecule has 0 fully saturated rings. The first-order valence-electron chi connectivity index (χ1n) is 7.85. The summed E-state index contributed by atoms with van der Waals surface area (Å²) in [5.41, 5.74) is 2.57. The lowest BCUT2D eigenvalue weighted by atomic mass is 10.1. The van der Waals surface area contributed by atoms with E-state index >= 15 is 0 Å². The van der Waals surface area contributed by atoms with E-state index in [0.29, 0.717) is 17.7 Å². The Bertz CT molecular complexity index is 1040. The zero-order valence-corrected chi connectivity index (χ0v) is 15.4. The minimum Gasteiger partial charge on any atom is -0.489 e. The molecule has 0 amide bonds. The predicted molar refractivity (Wildman–Crippen MR) is 103 cm³/mol. The van der Waals surface area contributed by atoms with Crippen LogP contribution in [-0.2, 0) is 6.61 Å². The second kappa shape index (κ2) is 7.35. The van der Waals surface area contributed by atoms with Crippen molar-refractivity contribution in [1.29, 1.82) is 0 Å². The zero-order valence-electron chi connectivity index (χ0n) is 13.8. The summed E-state index contributed by atoms with van der Waals surface area (Å²) >= 11 is 8.01.